The van der Waals surface area contributed by atoms with Gasteiger partial charge >= 0.3 is 11.9 Å². The first-order chi connectivity index (χ1) is 11.9. The van der Waals surface area contributed by atoms with Crippen LogP contribution in [0.1, 0.15) is 30.6 Å². The van der Waals surface area contributed by atoms with Gasteiger partial charge in [-0.1, -0.05) is 25.1 Å². The Morgan fingerprint density at radius 1 is 1.28 bits per heavy atom. The van der Waals surface area contributed by atoms with E-state index >= 15 is 0 Å². The Labute approximate surface area is 145 Å². The second-order valence-electron chi connectivity index (χ2n) is 5.67. The minimum absolute atomic E-state index is 0.0546. The smallest absolute Gasteiger partial charge is 0.326 e. The highest BCUT2D eigenvalue weighted by Crippen LogP contribution is 2.14. The van der Waals surface area contributed by atoms with Gasteiger partial charge in [-0.3, -0.25) is 14.6 Å². The molecule has 7 nitrogen and oxygen atoms in total. The third-order valence-corrected chi connectivity index (χ3v) is 3.73. The number of para-hydroxylation sites is 1. The van der Waals surface area contributed by atoms with Gasteiger partial charge in [-0.25, -0.2) is 4.79 Å². The normalized spacial score (nSPS) is 13.0. The van der Waals surface area contributed by atoms with Gasteiger partial charge < -0.3 is 15.2 Å². The van der Waals surface area contributed by atoms with Crippen molar-refractivity contribution in [3.63, 3.8) is 0 Å². The predicted octanol–water partition coefficient (Wildman–Crippen LogP) is 2.01. The van der Waals surface area contributed by atoms with E-state index < -0.39 is 29.8 Å². The zero-order chi connectivity index (χ0) is 18.4. The lowest BCUT2D eigenvalue weighted by atomic mass is 10.0. The van der Waals surface area contributed by atoms with Crippen molar-refractivity contribution in [1.82, 2.24) is 10.3 Å². The first-order valence-electron chi connectivity index (χ1n) is 7.97. The fourth-order valence-electron chi connectivity index (χ4n) is 2.39. The fraction of sp³-hybridized carbons (Fsp3) is 0.333. The number of amides is 1. The van der Waals surface area contributed by atoms with E-state index in [9.17, 15) is 19.5 Å². The van der Waals surface area contributed by atoms with E-state index in [-0.39, 0.29) is 18.6 Å². The largest absolute Gasteiger partial charge is 0.480 e. The molecule has 0 fully saturated rings. The summed E-state index contributed by atoms with van der Waals surface area (Å²) >= 11 is 0. The molecule has 1 aromatic heterocycles. The molecular weight excluding hydrogens is 324 g/mol. The first kappa shape index (κ1) is 18.4. The second-order valence-corrected chi connectivity index (χ2v) is 5.67. The van der Waals surface area contributed by atoms with Crippen molar-refractivity contribution in [3.05, 3.63) is 42.1 Å². The van der Waals surface area contributed by atoms with Gasteiger partial charge in [-0.05, 0) is 25.5 Å². The van der Waals surface area contributed by atoms with E-state index in [1.54, 1.807) is 19.9 Å². The first-order valence-corrected chi connectivity index (χ1v) is 7.97. The van der Waals surface area contributed by atoms with Crippen LogP contribution in [0, 0.1) is 5.92 Å². The highest BCUT2D eigenvalue weighted by atomic mass is 16.5. The van der Waals surface area contributed by atoms with Crippen LogP contribution in [0.5, 0.6) is 0 Å². The molecule has 1 amide bonds. The summed E-state index contributed by atoms with van der Waals surface area (Å²) in [6.07, 6.45) is 1.34. The number of ether oxygens (including phenoxy) is 1. The average Bonchev–Trinajstić information content (AvgIpc) is 2.60. The molecule has 2 N–H and O–H groups in total. The van der Waals surface area contributed by atoms with E-state index in [0.29, 0.717) is 0 Å². The molecular formula is C18H20N2O5. The number of hydrogen-bond acceptors (Lipinski definition) is 5. The maximum atomic E-state index is 12.3. The third kappa shape index (κ3) is 4.76. The third-order valence-electron chi connectivity index (χ3n) is 3.73. The number of carboxylic acid groups (broad SMARTS) is 1. The molecule has 2 rings (SSSR count). The number of carbonyl (C=O) groups is 3. The molecule has 0 saturated carbocycles. The molecule has 2 atom stereocenters. The fourth-order valence-corrected chi connectivity index (χ4v) is 2.39. The van der Waals surface area contributed by atoms with Crippen molar-refractivity contribution in [2.45, 2.75) is 26.3 Å². The molecule has 1 aromatic carbocycles. The Hall–Kier alpha value is -2.96. The standard InChI is InChI=1S/C18H20N2O5/c1-3-25-18(24)11(2)8-15(17(22)23)20-16(21)13-9-12-6-4-5-7-14(12)19-10-13/h4-7,9-11,15H,3,8H2,1-2H3,(H,20,21)(H,22,23)/t11-,15+/m0/s1. The monoisotopic (exact) mass is 344 g/mol. The molecule has 0 aliphatic heterocycles. The van der Waals surface area contributed by atoms with E-state index in [0.717, 1.165) is 10.9 Å². The summed E-state index contributed by atoms with van der Waals surface area (Å²) in [7, 11) is 0. The van der Waals surface area contributed by atoms with Crippen molar-refractivity contribution < 1.29 is 24.2 Å². The Balaban J connectivity index is 2.10. The summed E-state index contributed by atoms with van der Waals surface area (Å²) in [5, 5.41) is 12.5. The van der Waals surface area contributed by atoms with Gasteiger partial charge in [0.2, 0.25) is 0 Å². The van der Waals surface area contributed by atoms with Gasteiger partial charge in [0.1, 0.15) is 6.04 Å². The van der Waals surface area contributed by atoms with Gasteiger partial charge in [0.15, 0.2) is 0 Å². The molecule has 0 spiro atoms. The Morgan fingerprint density at radius 2 is 2.00 bits per heavy atom. The van der Waals surface area contributed by atoms with Crippen LogP contribution in [-0.2, 0) is 14.3 Å². The van der Waals surface area contributed by atoms with Crippen LogP contribution in [0.15, 0.2) is 36.5 Å². The molecule has 2 aromatic rings. The maximum Gasteiger partial charge on any atom is 0.326 e. The molecule has 0 unspecified atom stereocenters. The van der Waals surface area contributed by atoms with Gasteiger partial charge in [0, 0.05) is 11.6 Å². The lowest BCUT2D eigenvalue weighted by Gasteiger charge is -2.18. The quantitative estimate of drug-likeness (QED) is 0.744. The van der Waals surface area contributed by atoms with Crippen molar-refractivity contribution in [2.75, 3.05) is 6.61 Å². The van der Waals surface area contributed by atoms with E-state index in [1.807, 2.05) is 24.3 Å². The van der Waals surface area contributed by atoms with Crippen LogP contribution in [0.4, 0.5) is 0 Å². The van der Waals surface area contributed by atoms with Crippen molar-refractivity contribution in [3.8, 4) is 0 Å². The maximum absolute atomic E-state index is 12.3. The van der Waals surface area contributed by atoms with Crippen LogP contribution in [0.25, 0.3) is 10.9 Å². The summed E-state index contributed by atoms with van der Waals surface area (Å²) < 4.78 is 4.87. The number of nitrogens with one attached hydrogen (secondary N) is 1. The van der Waals surface area contributed by atoms with E-state index in [2.05, 4.69) is 10.3 Å². The minimum atomic E-state index is -1.21. The van der Waals surface area contributed by atoms with Crippen molar-refractivity contribution in [2.24, 2.45) is 5.92 Å². The number of carbonyl (C=O) groups excluding carboxylic acids is 2. The lowest BCUT2D eigenvalue weighted by Crippen LogP contribution is -2.42. The SMILES string of the molecule is CCOC(=O)[C@@H](C)C[C@@H](NC(=O)c1cnc2ccccc2c1)C(=O)O. The zero-order valence-electron chi connectivity index (χ0n) is 14.1. The molecule has 0 radical (unpaired) electrons. The summed E-state index contributed by atoms with van der Waals surface area (Å²) in [4.78, 5) is 39.6. The number of benzene rings is 1. The molecule has 0 saturated heterocycles. The Bertz CT molecular complexity index is 790. The number of rotatable bonds is 7. The Morgan fingerprint density at radius 3 is 2.68 bits per heavy atom. The Kier molecular flexibility index (Phi) is 6.05. The summed E-state index contributed by atoms with van der Waals surface area (Å²) in [5.41, 5.74) is 0.999. The van der Waals surface area contributed by atoms with Crippen molar-refractivity contribution >= 4 is 28.7 Å². The average molecular weight is 344 g/mol. The van der Waals surface area contributed by atoms with Gasteiger partial charge in [0.05, 0.1) is 23.6 Å². The second kappa shape index (κ2) is 8.23. The number of pyridine rings is 1. The molecule has 0 aliphatic rings. The zero-order valence-corrected chi connectivity index (χ0v) is 14.1. The van der Waals surface area contributed by atoms with Crippen molar-refractivity contribution in [1.29, 1.82) is 0 Å². The van der Waals surface area contributed by atoms with Gasteiger partial charge in [-0.2, -0.15) is 0 Å². The molecule has 25 heavy (non-hydrogen) atoms. The number of carboxylic acids is 1. The minimum Gasteiger partial charge on any atom is -0.480 e. The number of aliphatic carboxylic acids is 1. The molecule has 7 heteroatoms. The van der Waals surface area contributed by atoms with E-state index in [1.165, 1.54) is 6.20 Å². The highest BCUT2D eigenvalue weighted by Gasteiger charge is 2.27. The predicted molar refractivity (Wildman–Crippen MR) is 91.0 cm³/mol. The molecule has 0 aliphatic carbocycles. The summed E-state index contributed by atoms with van der Waals surface area (Å²) in [5.74, 6) is -2.90. The van der Waals surface area contributed by atoms with Crippen LogP contribution < -0.4 is 5.32 Å². The van der Waals surface area contributed by atoms with Crippen LogP contribution in [0.3, 0.4) is 0 Å². The van der Waals surface area contributed by atoms with Crippen LogP contribution in [-0.4, -0.2) is 40.6 Å². The number of hydrogen-bond donors (Lipinski definition) is 2. The van der Waals surface area contributed by atoms with E-state index in [4.69, 9.17) is 4.74 Å². The lowest BCUT2D eigenvalue weighted by molar-refractivity contribution is -0.148. The number of aromatic nitrogens is 1. The van der Waals surface area contributed by atoms with Crippen LogP contribution >= 0.6 is 0 Å². The molecule has 1 heterocycles. The summed E-state index contributed by atoms with van der Waals surface area (Å²) in [6, 6.07) is 7.75. The number of esters is 1. The summed E-state index contributed by atoms with van der Waals surface area (Å²) in [6.45, 7) is 3.46. The van der Waals surface area contributed by atoms with Gasteiger partial charge in [0.25, 0.3) is 5.91 Å². The molecule has 0 bridgehead atoms. The van der Waals surface area contributed by atoms with Gasteiger partial charge in [-0.15, -0.1) is 0 Å². The number of fused-ring (bicyclic) bond motifs is 1. The topological polar surface area (TPSA) is 106 Å². The number of nitrogens with zero attached hydrogens (tertiary/aromatic N) is 1. The highest BCUT2D eigenvalue weighted by molar-refractivity contribution is 5.99. The van der Waals surface area contributed by atoms with Crippen LogP contribution in [0.2, 0.25) is 0 Å². The molecule has 132 valence electrons.